The highest BCUT2D eigenvalue weighted by atomic mass is 32.1. The lowest BCUT2D eigenvalue weighted by Crippen LogP contribution is -2.35. The van der Waals surface area contributed by atoms with Gasteiger partial charge < -0.3 is 14.6 Å². The van der Waals surface area contributed by atoms with E-state index in [1.807, 2.05) is 18.2 Å². The van der Waals surface area contributed by atoms with Crippen LogP contribution in [0.2, 0.25) is 0 Å². The van der Waals surface area contributed by atoms with Crippen molar-refractivity contribution in [2.75, 3.05) is 13.2 Å². The second-order valence-electron chi connectivity index (χ2n) is 7.40. The van der Waals surface area contributed by atoms with E-state index in [9.17, 15) is 14.4 Å². The third kappa shape index (κ3) is 3.67. The molecule has 1 fully saturated rings. The van der Waals surface area contributed by atoms with E-state index in [4.69, 9.17) is 4.74 Å². The maximum atomic E-state index is 12.4. The molecule has 0 saturated heterocycles. The maximum Gasteiger partial charge on any atom is 0.349 e. The van der Waals surface area contributed by atoms with Crippen molar-refractivity contribution < 1.29 is 14.3 Å². The lowest BCUT2D eigenvalue weighted by molar-refractivity contribution is -0.124. The molecule has 150 valence electrons. The Morgan fingerprint density at radius 2 is 2.00 bits per heavy atom. The normalized spacial score (nSPS) is 14.6. The van der Waals surface area contributed by atoms with E-state index in [2.05, 4.69) is 22.4 Å². The second-order valence-corrected chi connectivity index (χ2v) is 8.40. The van der Waals surface area contributed by atoms with Gasteiger partial charge in [0.2, 0.25) is 0 Å². The number of carbonyl (C=O) groups is 2. The standard InChI is InChI=1S/C21H21N3O4S/c1-13-16-18(23-12-24(2)19(16)26)29-17(13)20(27)28-10-15(25)22-11-21(8-9-21)14-6-4-3-5-7-14/h3-7,12H,8-11H2,1-2H3,(H,22,25). The molecule has 1 N–H and O–H groups in total. The van der Waals surface area contributed by atoms with Crippen LogP contribution in [0, 0.1) is 6.92 Å². The molecule has 1 saturated carbocycles. The number of aryl methyl sites for hydroxylation is 2. The van der Waals surface area contributed by atoms with Crippen molar-refractivity contribution in [3.63, 3.8) is 0 Å². The Balaban J connectivity index is 1.37. The van der Waals surface area contributed by atoms with Crippen LogP contribution in [0.5, 0.6) is 0 Å². The number of hydrogen-bond acceptors (Lipinski definition) is 6. The molecule has 0 atom stereocenters. The summed E-state index contributed by atoms with van der Waals surface area (Å²) in [5.74, 6) is -0.958. The lowest BCUT2D eigenvalue weighted by atomic mass is 9.96. The smallest absolute Gasteiger partial charge is 0.349 e. The van der Waals surface area contributed by atoms with Gasteiger partial charge in [-0.3, -0.25) is 9.59 Å². The molecule has 4 rings (SSSR count). The van der Waals surface area contributed by atoms with E-state index in [1.54, 1.807) is 14.0 Å². The zero-order valence-corrected chi connectivity index (χ0v) is 17.0. The number of rotatable bonds is 6. The Bertz CT molecular complexity index is 1150. The molecule has 29 heavy (non-hydrogen) atoms. The second kappa shape index (κ2) is 7.44. The molecule has 7 nitrogen and oxygen atoms in total. The molecule has 8 heteroatoms. The number of esters is 1. The van der Waals surface area contributed by atoms with Crippen LogP contribution in [0.25, 0.3) is 10.2 Å². The third-order valence-electron chi connectivity index (χ3n) is 5.39. The summed E-state index contributed by atoms with van der Waals surface area (Å²) in [6, 6.07) is 10.1. The van der Waals surface area contributed by atoms with E-state index in [0.29, 0.717) is 27.2 Å². The summed E-state index contributed by atoms with van der Waals surface area (Å²) in [5.41, 5.74) is 1.53. The molecule has 0 bridgehead atoms. The Kier molecular flexibility index (Phi) is 4.96. The van der Waals surface area contributed by atoms with Gasteiger partial charge in [-0.1, -0.05) is 30.3 Å². The Morgan fingerprint density at radius 3 is 2.69 bits per heavy atom. The van der Waals surface area contributed by atoms with Gasteiger partial charge in [-0.15, -0.1) is 11.3 Å². The van der Waals surface area contributed by atoms with E-state index >= 15 is 0 Å². The minimum atomic E-state index is -0.619. The Hall–Kier alpha value is -3.00. The number of aromatic nitrogens is 2. The minimum Gasteiger partial charge on any atom is -0.451 e. The molecule has 0 spiro atoms. The number of thiophene rings is 1. The molecule has 2 heterocycles. The van der Waals surface area contributed by atoms with Gasteiger partial charge in [-0.05, 0) is 30.9 Å². The van der Waals surface area contributed by atoms with Gasteiger partial charge in [0.05, 0.1) is 11.7 Å². The Labute approximate surface area is 171 Å². The molecular weight excluding hydrogens is 390 g/mol. The van der Waals surface area contributed by atoms with Crippen LogP contribution in [0.15, 0.2) is 41.5 Å². The van der Waals surface area contributed by atoms with Crippen molar-refractivity contribution in [2.24, 2.45) is 7.05 Å². The Morgan fingerprint density at radius 1 is 1.28 bits per heavy atom. The molecule has 2 aromatic heterocycles. The topological polar surface area (TPSA) is 90.3 Å². The SMILES string of the molecule is Cc1c(C(=O)OCC(=O)NCC2(c3ccccc3)CC2)sc2ncn(C)c(=O)c12. The predicted molar refractivity (Wildman–Crippen MR) is 110 cm³/mol. The number of hydrogen-bond donors (Lipinski definition) is 1. The maximum absolute atomic E-state index is 12.4. The lowest BCUT2D eigenvalue weighted by Gasteiger charge is -2.16. The monoisotopic (exact) mass is 411 g/mol. The first kappa shape index (κ1) is 19.3. The zero-order chi connectivity index (χ0) is 20.6. The van der Waals surface area contributed by atoms with Crippen LogP contribution in [0.1, 0.15) is 33.6 Å². The van der Waals surface area contributed by atoms with Crippen molar-refractivity contribution in [1.82, 2.24) is 14.9 Å². The molecule has 0 aliphatic heterocycles. The van der Waals surface area contributed by atoms with Crippen molar-refractivity contribution in [3.05, 3.63) is 63.0 Å². The van der Waals surface area contributed by atoms with Gasteiger partial charge in [0.25, 0.3) is 11.5 Å². The fourth-order valence-electron chi connectivity index (χ4n) is 3.43. The summed E-state index contributed by atoms with van der Waals surface area (Å²) in [6.45, 7) is 1.85. The summed E-state index contributed by atoms with van der Waals surface area (Å²) in [6.07, 6.45) is 3.48. The molecular formula is C21H21N3O4S. The van der Waals surface area contributed by atoms with E-state index < -0.39 is 5.97 Å². The number of nitrogens with one attached hydrogen (secondary N) is 1. The summed E-state index contributed by atoms with van der Waals surface area (Å²) >= 11 is 1.10. The zero-order valence-electron chi connectivity index (χ0n) is 16.2. The summed E-state index contributed by atoms with van der Waals surface area (Å²) < 4.78 is 6.55. The van der Waals surface area contributed by atoms with Crippen LogP contribution in [-0.4, -0.2) is 34.6 Å². The fraction of sp³-hybridized carbons (Fsp3) is 0.333. The number of fused-ring (bicyclic) bond motifs is 1. The van der Waals surface area contributed by atoms with Gasteiger partial charge >= 0.3 is 5.97 Å². The highest BCUT2D eigenvalue weighted by Gasteiger charge is 2.44. The quantitative estimate of drug-likeness (QED) is 0.629. The van der Waals surface area contributed by atoms with Crippen LogP contribution in [0.4, 0.5) is 0 Å². The van der Waals surface area contributed by atoms with E-state index in [-0.39, 0.29) is 23.5 Å². The average Bonchev–Trinajstić information content (AvgIpc) is 3.45. The van der Waals surface area contributed by atoms with E-state index in [1.165, 1.54) is 16.5 Å². The molecule has 1 aromatic carbocycles. The van der Waals surface area contributed by atoms with Crippen LogP contribution < -0.4 is 10.9 Å². The van der Waals surface area contributed by atoms with Gasteiger partial charge in [0, 0.05) is 19.0 Å². The number of nitrogens with zero attached hydrogens (tertiary/aromatic N) is 2. The summed E-state index contributed by atoms with van der Waals surface area (Å²) in [5, 5.41) is 3.28. The third-order valence-corrected chi connectivity index (χ3v) is 6.57. The van der Waals surface area contributed by atoms with Gasteiger partial charge in [0.15, 0.2) is 6.61 Å². The molecule has 1 aliphatic rings. The largest absolute Gasteiger partial charge is 0.451 e. The van der Waals surface area contributed by atoms with Crippen molar-refractivity contribution in [1.29, 1.82) is 0 Å². The molecule has 0 unspecified atom stereocenters. The highest BCUT2D eigenvalue weighted by Crippen LogP contribution is 2.47. The highest BCUT2D eigenvalue weighted by molar-refractivity contribution is 7.20. The predicted octanol–water partition coefficient (Wildman–Crippen LogP) is 2.31. The van der Waals surface area contributed by atoms with E-state index in [0.717, 1.165) is 24.2 Å². The first-order valence-corrected chi connectivity index (χ1v) is 10.2. The molecule has 3 aromatic rings. The number of amides is 1. The fourth-order valence-corrected chi connectivity index (χ4v) is 4.46. The molecule has 1 amide bonds. The number of carbonyl (C=O) groups excluding carboxylic acids is 2. The molecule has 0 radical (unpaired) electrons. The number of ether oxygens (including phenoxy) is 1. The van der Waals surface area contributed by atoms with Gasteiger partial charge in [0.1, 0.15) is 9.71 Å². The first-order chi connectivity index (χ1) is 13.9. The minimum absolute atomic E-state index is 0.00524. The van der Waals surface area contributed by atoms with Crippen LogP contribution in [-0.2, 0) is 22.0 Å². The van der Waals surface area contributed by atoms with Crippen LogP contribution in [0.3, 0.4) is 0 Å². The average molecular weight is 411 g/mol. The summed E-state index contributed by atoms with van der Waals surface area (Å²) in [4.78, 5) is 41.9. The first-order valence-electron chi connectivity index (χ1n) is 9.35. The van der Waals surface area contributed by atoms with Crippen molar-refractivity contribution in [3.8, 4) is 0 Å². The van der Waals surface area contributed by atoms with Crippen LogP contribution >= 0.6 is 11.3 Å². The van der Waals surface area contributed by atoms with Crippen molar-refractivity contribution in [2.45, 2.75) is 25.2 Å². The van der Waals surface area contributed by atoms with Crippen molar-refractivity contribution >= 4 is 33.4 Å². The summed E-state index contributed by atoms with van der Waals surface area (Å²) in [7, 11) is 1.61. The van der Waals surface area contributed by atoms with Gasteiger partial charge in [-0.2, -0.15) is 0 Å². The molecule has 1 aliphatic carbocycles. The van der Waals surface area contributed by atoms with Gasteiger partial charge in [-0.25, -0.2) is 9.78 Å². The number of benzene rings is 1.